The van der Waals surface area contributed by atoms with Crippen molar-refractivity contribution in [2.45, 2.75) is 33.7 Å². The average molecular weight is 242 g/mol. The van der Waals surface area contributed by atoms with Crippen LogP contribution in [0.4, 0.5) is 0 Å². The van der Waals surface area contributed by atoms with E-state index in [-0.39, 0.29) is 11.8 Å². The number of allylic oxidation sites excluding steroid dienone is 1. The van der Waals surface area contributed by atoms with Crippen LogP contribution in [0.2, 0.25) is 0 Å². The van der Waals surface area contributed by atoms with Crippen molar-refractivity contribution < 1.29 is 4.79 Å². The highest BCUT2D eigenvalue weighted by Crippen LogP contribution is 2.31. The van der Waals surface area contributed by atoms with E-state index in [0.29, 0.717) is 0 Å². The number of hydrogen-bond acceptors (Lipinski definition) is 3. The van der Waals surface area contributed by atoms with Gasteiger partial charge in [0.15, 0.2) is 5.78 Å². The Balaban J connectivity index is 2.52. The third kappa shape index (κ3) is 2.35. The average Bonchev–Trinajstić information content (AvgIpc) is 2.27. The summed E-state index contributed by atoms with van der Waals surface area (Å²) in [4.78, 5) is 16.4. The number of aliphatic imine (C=N–C) groups is 1. The van der Waals surface area contributed by atoms with Crippen molar-refractivity contribution in [2.75, 3.05) is 0 Å². The van der Waals surface area contributed by atoms with Gasteiger partial charge in [0, 0.05) is 11.3 Å². The normalized spacial score (nSPS) is 19.3. The molecule has 0 bridgehead atoms. The number of nitrogens with one attached hydrogen (secondary N) is 1. The van der Waals surface area contributed by atoms with E-state index in [1.165, 1.54) is 5.56 Å². The summed E-state index contributed by atoms with van der Waals surface area (Å²) in [7, 11) is 0. The van der Waals surface area contributed by atoms with Crippen LogP contribution in [0.3, 0.4) is 0 Å². The molecule has 3 heteroatoms. The molecule has 1 N–H and O–H groups in total. The molecule has 1 aliphatic rings. The van der Waals surface area contributed by atoms with E-state index >= 15 is 0 Å². The van der Waals surface area contributed by atoms with Crippen molar-refractivity contribution in [3.8, 4) is 0 Å². The zero-order valence-corrected chi connectivity index (χ0v) is 11.2. The smallest absolute Gasteiger partial charge is 0.160 e. The van der Waals surface area contributed by atoms with Gasteiger partial charge in [-0.25, -0.2) is 0 Å². The van der Waals surface area contributed by atoms with Crippen molar-refractivity contribution in [1.29, 1.82) is 0 Å². The summed E-state index contributed by atoms with van der Waals surface area (Å²) in [5.41, 5.74) is 3.91. The minimum Gasteiger partial charge on any atom is -0.348 e. The predicted molar refractivity (Wildman–Crippen MR) is 73.5 cm³/mol. The van der Waals surface area contributed by atoms with E-state index in [0.717, 1.165) is 22.7 Å². The highest BCUT2D eigenvalue weighted by Gasteiger charge is 2.25. The summed E-state index contributed by atoms with van der Waals surface area (Å²) in [6.45, 7) is 7.49. The largest absolute Gasteiger partial charge is 0.348 e. The molecule has 3 nitrogen and oxygen atoms in total. The Morgan fingerprint density at radius 1 is 1.28 bits per heavy atom. The van der Waals surface area contributed by atoms with E-state index in [9.17, 15) is 4.79 Å². The molecular formula is C15H18N2O. The first-order valence-corrected chi connectivity index (χ1v) is 6.08. The monoisotopic (exact) mass is 242 g/mol. The van der Waals surface area contributed by atoms with Gasteiger partial charge in [0.05, 0.1) is 5.84 Å². The van der Waals surface area contributed by atoms with Crippen LogP contribution in [0.15, 0.2) is 40.5 Å². The number of nitrogens with zero attached hydrogens (tertiary/aromatic N) is 1. The van der Waals surface area contributed by atoms with Gasteiger partial charge in [0.1, 0.15) is 6.04 Å². The van der Waals surface area contributed by atoms with E-state index in [1.807, 2.05) is 39.0 Å². The maximum absolute atomic E-state index is 11.8. The summed E-state index contributed by atoms with van der Waals surface area (Å²) in [6.07, 6.45) is 0. The zero-order valence-electron chi connectivity index (χ0n) is 11.2. The molecule has 1 aromatic carbocycles. The van der Waals surface area contributed by atoms with Gasteiger partial charge in [0.2, 0.25) is 0 Å². The van der Waals surface area contributed by atoms with Crippen LogP contribution < -0.4 is 5.32 Å². The summed E-state index contributed by atoms with van der Waals surface area (Å²) in [5.74, 6) is 0.923. The number of benzene rings is 1. The van der Waals surface area contributed by atoms with E-state index in [4.69, 9.17) is 0 Å². The minimum absolute atomic E-state index is 0.0720. The maximum atomic E-state index is 11.8. The third-order valence-electron chi connectivity index (χ3n) is 3.11. The Hall–Kier alpha value is -1.90. The van der Waals surface area contributed by atoms with Crippen LogP contribution >= 0.6 is 0 Å². The van der Waals surface area contributed by atoms with Gasteiger partial charge >= 0.3 is 0 Å². The van der Waals surface area contributed by atoms with Crippen molar-refractivity contribution in [2.24, 2.45) is 4.99 Å². The van der Waals surface area contributed by atoms with E-state index < -0.39 is 0 Å². The number of rotatable bonds is 2. The Morgan fingerprint density at radius 3 is 2.61 bits per heavy atom. The zero-order chi connectivity index (χ0) is 13.3. The number of carbonyl (C=O) groups excluding carboxylic acids is 1. The topological polar surface area (TPSA) is 41.5 Å². The van der Waals surface area contributed by atoms with Crippen LogP contribution in [-0.2, 0) is 4.79 Å². The lowest BCUT2D eigenvalue weighted by Crippen LogP contribution is -2.29. The minimum atomic E-state index is -0.177. The number of ketones is 1. The Labute approximate surface area is 108 Å². The van der Waals surface area contributed by atoms with Crippen molar-refractivity contribution in [1.82, 2.24) is 5.32 Å². The highest BCUT2D eigenvalue weighted by atomic mass is 16.1. The molecule has 0 amide bonds. The van der Waals surface area contributed by atoms with Crippen molar-refractivity contribution in [3.05, 3.63) is 46.7 Å². The molecule has 0 fully saturated rings. The Kier molecular flexibility index (Phi) is 3.32. The quantitative estimate of drug-likeness (QED) is 0.866. The fraction of sp³-hybridized carbons (Fsp3) is 0.333. The third-order valence-corrected chi connectivity index (χ3v) is 3.11. The maximum Gasteiger partial charge on any atom is 0.160 e. The summed E-state index contributed by atoms with van der Waals surface area (Å²) >= 11 is 0. The first kappa shape index (κ1) is 12.6. The molecule has 1 aliphatic heterocycles. The summed E-state index contributed by atoms with van der Waals surface area (Å²) in [6, 6.07) is 7.98. The molecule has 1 atom stereocenters. The highest BCUT2D eigenvalue weighted by molar-refractivity contribution is 5.98. The number of hydrogen-bond donors (Lipinski definition) is 1. The van der Waals surface area contributed by atoms with Crippen molar-refractivity contribution >= 4 is 11.6 Å². The Morgan fingerprint density at radius 2 is 2.00 bits per heavy atom. The second-order valence-electron chi connectivity index (χ2n) is 4.75. The van der Waals surface area contributed by atoms with Gasteiger partial charge < -0.3 is 5.32 Å². The molecule has 1 aromatic rings. The van der Waals surface area contributed by atoms with E-state index in [1.54, 1.807) is 6.92 Å². The summed E-state index contributed by atoms with van der Waals surface area (Å²) in [5, 5.41) is 3.13. The number of amidine groups is 1. The lowest BCUT2D eigenvalue weighted by molar-refractivity contribution is -0.113. The Bertz CT molecular complexity index is 555. The van der Waals surface area contributed by atoms with Gasteiger partial charge in [-0.2, -0.15) is 0 Å². The lowest BCUT2D eigenvalue weighted by Gasteiger charge is -2.24. The summed E-state index contributed by atoms with van der Waals surface area (Å²) < 4.78 is 0. The van der Waals surface area contributed by atoms with Gasteiger partial charge in [-0.05, 0) is 33.3 Å². The van der Waals surface area contributed by atoms with Crippen LogP contribution in [-0.4, -0.2) is 11.6 Å². The molecule has 0 saturated heterocycles. The SMILES string of the molecule is CC(=O)C1=C(C)NC(C)=NC1c1cccc(C)c1. The number of aryl methyl sites for hydroxylation is 1. The standard InChI is InChI=1S/C15H18N2O/c1-9-6-5-7-13(8-9)15-14(11(3)18)10(2)16-12(4)17-15/h5-8,15H,1-4H3,(H,16,17). The lowest BCUT2D eigenvalue weighted by atomic mass is 9.93. The second kappa shape index (κ2) is 4.77. The molecule has 0 spiro atoms. The fourth-order valence-corrected chi connectivity index (χ4v) is 2.37. The molecular weight excluding hydrogens is 224 g/mol. The van der Waals surface area contributed by atoms with Gasteiger partial charge in [-0.3, -0.25) is 9.79 Å². The molecule has 0 radical (unpaired) electrons. The van der Waals surface area contributed by atoms with Crippen LogP contribution in [0, 0.1) is 6.92 Å². The molecule has 2 rings (SSSR count). The number of carbonyl (C=O) groups is 1. The molecule has 18 heavy (non-hydrogen) atoms. The molecule has 0 saturated carbocycles. The molecule has 94 valence electrons. The fourth-order valence-electron chi connectivity index (χ4n) is 2.37. The van der Waals surface area contributed by atoms with Gasteiger partial charge in [-0.15, -0.1) is 0 Å². The van der Waals surface area contributed by atoms with Crippen LogP contribution in [0.25, 0.3) is 0 Å². The molecule has 0 aromatic heterocycles. The van der Waals surface area contributed by atoms with E-state index in [2.05, 4.69) is 16.4 Å². The first-order valence-electron chi connectivity index (χ1n) is 6.08. The predicted octanol–water partition coefficient (Wildman–Crippen LogP) is 2.92. The number of Topliss-reactive ketones (excluding diaryl/α,β-unsaturated/α-hetero) is 1. The van der Waals surface area contributed by atoms with Gasteiger partial charge in [-0.1, -0.05) is 29.8 Å². The first-order chi connectivity index (χ1) is 8.49. The van der Waals surface area contributed by atoms with Crippen LogP contribution in [0.1, 0.15) is 37.9 Å². The second-order valence-corrected chi connectivity index (χ2v) is 4.75. The molecule has 1 heterocycles. The molecule has 1 unspecified atom stereocenters. The van der Waals surface area contributed by atoms with Crippen LogP contribution in [0.5, 0.6) is 0 Å². The molecule has 0 aliphatic carbocycles. The van der Waals surface area contributed by atoms with Gasteiger partial charge in [0.25, 0.3) is 0 Å². The van der Waals surface area contributed by atoms with Crippen molar-refractivity contribution in [3.63, 3.8) is 0 Å².